The molecule has 5 heterocycles. The van der Waals surface area contributed by atoms with E-state index in [4.69, 9.17) is 9.72 Å². The van der Waals surface area contributed by atoms with Gasteiger partial charge in [0.25, 0.3) is 11.5 Å². The van der Waals surface area contributed by atoms with Crippen LogP contribution >= 0.6 is 0 Å². The predicted molar refractivity (Wildman–Crippen MR) is 169 cm³/mol. The first-order valence-corrected chi connectivity index (χ1v) is 16.1. The number of aromatic nitrogens is 5. The average Bonchev–Trinajstić information content (AvgIpc) is 3.71. The molecule has 2 amide bonds. The van der Waals surface area contributed by atoms with Crippen LogP contribution in [0.5, 0.6) is 5.75 Å². The smallest absolute Gasteiger partial charge is 0.279 e. The third-order valence-corrected chi connectivity index (χ3v) is 10.1. The minimum atomic E-state index is -0.520. The molecule has 242 valence electrons. The number of aromatic hydroxyl groups is 1. The highest BCUT2D eigenvalue weighted by Crippen LogP contribution is 2.45. The molecule has 1 aromatic carbocycles. The monoisotopic (exact) mass is 639 g/mol. The van der Waals surface area contributed by atoms with E-state index in [1.54, 1.807) is 27.7 Å². The lowest BCUT2D eigenvalue weighted by molar-refractivity contribution is -0.116. The molecular weight excluding hydrogens is 605 g/mol. The number of hydrogen-bond acceptors (Lipinski definition) is 8. The Labute approximate surface area is 268 Å². The number of nitrogens with zero attached hydrogens (tertiary/aromatic N) is 6. The molecule has 1 spiro atoms. The van der Waals surface area contributed by atoms with Gasteiger partial charge in [0, 0.05) is 41.6 Å². The summed E-state index contributed by atoms with van der Waals surface area (Å²) in [5.74, 6) is -0.271. The number of pyridine rings is 1. The number of nitrogens with one attached hydrogen (secondary N) is 1. The van der Waals surface area contributed by atoms with E-state index in [1.807, 2.05) is 6.08 Å². The van der Waals surface area contributed by atoms with Crippen LogP contribution in [-0.2, 0) is 27.9 Å². The molecule has 3 aromatic heterocycles. The summed E-state index contributed by atoms with van der Waals surface area (Å²) in [5, 5.41) is 17.7. The van der Waals surface area contributed by atoms with E-state index in [0.29, 0.717) is 81.0 Å². The van der Waals surface area contributed by atoms with E-state index in [2.05, 4.69) is 15.4 Å². The zero-order valence-electron chi connectivity index (χ0n) is 25.7. The van der Waals surface area contributed by atoms with Crippen molar-refractivity contribution in [2.75, 3.05) is 31.6 Å². The third-order valence-electron chi connectivity index (χ3n) is 10.1. The van der Waals surface area contributed by atoms with E-state index in [9.17, 15) is 23.9 Å². The second-order valence-electron chi connectivity index (χ2n) is 12.9. The first-order valence-electron chi connectivity index (χ1n) is 16.1. The summed E-state index contributed by atoms with van der Waals surface area (Å²) in [7, 11) is 0. The fraction of sp³-hybridized carbons (Fsp3) is 0.412. The standard InChI is InChI=1S/C34H34FN7O5/c35-24-18-22(5-6-23(24)20-3-4-20)37-27(44)19-41-25-7-10-34(11-14-40(15-12-34)32(46)29-26(43)2-1-13-36-29)28(25)31(45)42-33(41)38-30(39-42)21-8-16-47-17-9-21/h1-2,5-6,8,13,18,20,43H,3-4,7,9-12,14-17,19H2,(H,37,44). The summed E-state index contributed by atoms with van der Waals surface area (Å²) in [6.07, 6.45) is 8.21. The van der Waals surface area contributed by atoms with E-state index in [-0.39, 0.29) is 52.9 Å². The number of likely N-dealkylation sites (tertiary alicyclic amines) is 1. The largest absolute Gasteiger partial charge is 0.505 e. The molecule has 8 rings (SSSR count). The maximum Gasteiger partial charge on any atom is 0.279 e. The highest BCUT2D eigenvalue weighted by atomic mass is 19.1. The summed E-state index contributed by atoms with van der Waals surface area (Å²) in [6, 6.07) is 7.82. The van der Waals surface area contributed by atoms with Crippen LogP contribution < -0.4 is 10.9 Å². The minimum absolute atomic E-state index is 0.00460. The van der Waals surface area contributed by atoms with Crippen molar-refractivity contribution in [2.45, 2.75) is 62.8 Å². The summed E-state index contributed by atoms with van der Waals surface area (Å²) in [4.78, 5) is 51.5. The fourth-order valence-electron chi connectivity index (χ4n) is 7.43. The number of hydrogen-bond donors (Lipinski definition) is 2. The van der Waals surface area contributed by atoms with Gasteiger partial charge in [0.05, 0.1) is 13.2 Å². The summed E-state index contributed by atoms with van der Waals surface area (Å²) in [5.41, 5.74) is 2.47. The zero-order valence-corrected chi connectivity index (χ0v) is 25.7. The van der Waals surface area contributed by atoms with Crippen LogP contribution in [0.1, 0.15) is 77.6 Å². The molecule has 4 aromatic rings. The molecule has 1 saturated heterocycles. The van der Waals surface area contributed by atoms with Crippen LogP contribution in [0.15, 0.2) is 47.4 Å². The number of carbonyl (C=O) groups excluding carboxylic acids is 2. The number of carbonyl (C=O) groups is 2. The number of benzene rings is 1. The van der Waals surface area contributed by atoms with Crippen LogP contribution in [0.4, 0.5) is 10.1 Å². The molecule has 47 heavy (non-hydrogen) atoms. The molecule has 2 aliphatic carbocycles. The Morgan fingerprint density at radius 3 is 2.68 bits per heavy atom. The fourth-order valence-corrected chi connectivity index (χ4v) is 7.43. The van der Waals surface area contributed by atoms with Crippen molar-refractivity contribution in [3.05, 3.63) is 87.1 Å². The molecule has 0 unspecified atom stereocenters. The van der Waals surface area contributed by atoms with Crippen LogP contribution in [0.2, 0.25) is 0 Å². The Hall–Kier alpha value is -4.91. The van der Waals surface area contributed by atoms with Crippen molar-refractivity contribution in [3.63, 3.8) is 0 Å². The molecule has 0 atom stereocenters. The first kappa shape index (κ1) is 29.5. The summed E-state index contributed by atoms with van der Waals surface area (Å²) in [6.45, 7) is 1.57. The Balaban J connectivity index is 1.13. The van der Waals surface area contributed by atoms with Gasteiger partial charge in [-0.2, -0.15) is 9.50 Å². The maximum absolute atomic E-state index is 14.8. The van der Waals surface area contributed by atoms with E-state index in [0.717, 1.165) is 24.1 Å². The van der Waals surface area contributed by atoms with Gasteiger partial charge in [-0.3, -0.25) is 14.4 Å². The Kier molecular flexibility index (Phi) is 7.16. The van der Waals surface area contributed by atoms with E-state index >= 15 is 0 Å². The van der Waals surface area contributed by atoms with Gasteiger partial charge >= 0.3 is 0 Å². The van der Waals surface area contributed by atoms with Gasteiger partial charge in [-0.15, -0.1) is 5.10 Å². The number of halogens is 1. The lowest BCUT2D eigenvalue weighted by Gasteiger charge is -2.39. The Bertz CT molecular complexity index is 2020. The van der Waals surface area contributed by atoms with Gasteiger partial charge in [-0.25, -0.2) is 9.37 Å². The van der Waals surface area contributed by atoms with Crippen LogP contribution in [0, 0.1) is 5.82 Å². The van der Waals surface area contributed by atoms with Crippen molar-refractivity contribution in [1.82, 2.24) is 29.0 Å². The highest BCUT2D eigenvalue weighted by Gasteiger charge is 2.46. The SMILES string of the molecule is O=C(Cn1c2c(c(=O)n3nc(C4=CCOCC4)nc13)C1(CC2)CCN(C(=O)c2ncccc2O)CC1)Nc1ccc(C2CC2)c(F)c1. The molecule has 4 aliphatic rings. The van der Waals surface area contributed by atoms with Gasteiger partial charge in [0.1, 0.15) is 18.1 Å². The predicted octanol–water partition coefficient (Wildman–Crippen LogP) is 3.57. The van der Waals surface area contributed by atoms with Crippen molar-refractivity contribution in [1.29, 1.82) is 0 Å². The van der Waals surface area contributed by atoms with Crippen LogP contribution in [0.25, 0.3) is 11.4 Å². The van der Waals surface area contributed by atoms with Crippen molar-refractivity contribution in [3.8, 4) is 5.75 Å². The molecule has 0 bridgehead atoms. The number of fused-ring (bicyclic) bond motifs is 3. The van der Waals surface area contributed by atoms with Crippen LogP contribution in [-0.4, -0.2) is 72.3 Å². The Morgan fingerprint density at radius 1 is 1.13 bits per heavy atom. The number of piperidine rings is 1. The van der Waals surface area contributed by atoms with Gasteiger partial charge in [0.15, 0.2) is 11.5 Å². The quantitative estimate of drug-likeness (QED) is 0.326. The molecule has 13 heteroatoms. The normalized spacial score (nSPS) is 18.7. The van der Waals surface area contributed by atoms with Gasteiger partial charge in [-0.05, 0) is 86.3 Å². The number of rotatable bonds is 6. The number of amides is 2. The second-order valence-corrected chi connectivity index (χ2v) is 12.9. The van der Waals surface area contributed by atoms with Crippen LogP contribution in [0.3, 0.4) is 0 Å². The second kappa shape index (κ2) is 11.4. The molecule has 2 aliphatic heterocycles. The van der Waals surface area contributed by atoms with Crippen molar-refractivity contribution < 1.29 is 23.8 Å². The average molecular weight is 640 g/mol. The Morgan fingerprint density at radius 2 is 1.96 bits per heavy atom. The van der Waals surface area contributed by atoms with Gasteiger partial charge < -0.3 is 24.6 Å². The number of ether oxygens (including phenoxy) is 1. The van der Waals surface area contributed by atoms with E-state index in [1.165, 1.54) is 22.8 Å². The van der Waals surface area contributed by atoms with Crippen molar-refractivity contribution in [2.24, 2.45) is 0 Å². The van der Waals surface area contributed by atoms with E-state index < -0.39 is 5.41 Å². The molecule has 12 nitrogen and oxygen atoms in total. The van der Waals surface area contributed by atoms with Gasteiger partial charge in [0.2, 0.25) is 11.7 Å². The van der Waals surface area contributed by atoms with Gasteiger partial charge in [-0.1, -0.05) is 12.1 Å². The lowest BCUT2D eigenvalue weighted by atomic mass is 9.74. The topological polar surface area (TPSA) is 144 Å². The van der Waals surface area contributed by atoms with Crippen molar-refractivity contribution >= 4 is 28.9 Å². The highest BCUT2D eigenvalue weighted by molar-refractivity contribution is 5.95. The summed E-state index contributed by atoms with van der Waals surface area (Å²) >= 11 is 0. The molecular formula is C34H34FN7O5. The number of anilines is 1. The maximum atomic E-state index is 14.8. The molecule has 0 radical (unpaired) electrons. The zero-order chi connectivity index (χ0) is 32.3. The molecule has 2 N–H and O–H groups in total. The lowest BCUT2D eigenvalue weighted by Crippen LogP contribution is -2.46. The third kappa shape index (κ3) is 5.18. The molecule has 2 fully saturated rings. The first-order chi connectivity index (χ1) is 22.8. The minimum Gasteiger partial charge on any atom is -0.505 e. The summed E-state index contributed by atoms with van der Waals surface area (Å²) < 4.78 is 23.3. The molecule has 1 saturated carbocycles.